The third-order valence-corrected chi connectivity index (χ3v) is 3.23. The molecular weight excluding hydrogens is 226 g/mol. The average Bonchev–Trinajstić information content (AvgIpc) is 2.07. The van der Waals surface area contributed by atoms with E-state index >= 15 is 0 Å². The lowest BCUT2D eigenvalue weighted by Crippen LogP contribution is -2.14. The Labute approximate surface area is 86.7 Å². The van der Waals surface area contributed by atoms with Crippen molar-refractivity contribution in [2.24, 2.45) is 5.14 Å². The van der Waals surface area contributed by atoms with Crippen molar-refractivity contribution in [3.05, 3.63) is 28.3 Å². The molecule has 4 nitrogen and oxygen atoms in total. The van der Waals surface area contributed by atoms with Crippen LogP contribution in [0.2, 0.25) is 5.02 Å². The minimum absolute atomic E-state index is 0.0887. The number of carbonyl (C=O) groups is 1. The van der Waals surface area contributed by atoms with Gasteiger partial charge in [0.25, 0.3) is 0 Å². The van der Waals surface area contributed by atoms with Crippen molar-refractivity contribution in [1.29, 1.82) is 0 Å². The van der Waals surface area contributed by atoms with Crippen LogP contribution in [0.3, 0.4) is 0 Å². The first-order chi connectivity index (χ1) is 6.38. The van der Waals surface area contributed by atoms with E-state index in [9.17, 15) is 13.2 Å². The first-order valence-electron chi connectivity index (χ1n) is 3.65. The fourth-order valence-corrected chi connectivity index (χ4v) is 2.02. The van der Waals surface area contributed by atoms with Gasteiger partial charge in [0, 0.05) is 0 Å². The van der Waals surface area contributed by atoms with Crippen molar-refractivity contribution >= 4 is 27.9 Å². The molecule has 76 valence electrons. The van der Waals surface area contributed by atoms with Crippen LogP contribution < -0.4 is 5.14 Å². The van der Waals surface area contributed by atoms with E-state index in [1.807, 2.05) is 0 Å². The number of carbonyl (C=O) groups excluding carboxylic acids is 1. The summed E-state index contributed by atoms with van der Waals surface area (Å²) in [5.41, 5.74) is 0.537. The average molecular weight is 234 g/mol. The first-order valence-corrected chi connectivity index (χ1v) is 5.57. The van der Waals surface area contributed by atoms with E-state index in [0.29, 0.717) is 11.8 Å². The Balaban J connectivity index is 3.63. The van der Waals surface area contributed by atoms with Crippen LogP contribution in [0.4, 0.5) is 0 Å². The number of nitrogens with two attached hydrogens (primary N) is 1. The molecule has 0 fully saturated rings. The maximum atomic E-state index is 11.0. The zero-order chi connectivity index (χ0) is 10.9. The molecule has 0 saturated carbocycles. The smallest absolute Gasteiger partial charge is 0.238 e. The Morgan fingerprint density at radius 1 is 1.43 bits per heavy atom. The fourth-order valence-electron chi connectivity index (χ4n) is 1.04. The third-order valence-electron chi connectivity index (χ3n) is 1.76. The van der Waals surface area contributed by atoms with E-state index in [-0.39, 0.29) is 15.5 Å². The minimum Gasteiger partial charge on any atom is -0.298 e. The number of hydrogen-bond acceptors (Lipinski definition) is 3. The summed E-state index contributed by atoms with van der Waals surface area (Å²) in [4.78, 5) is 10.4. The van der Waals surface area contributed by atoms with Crippen molar-refractivity contribution in [1.82, 2.24) is 0 Å². The lowest BCUT2D eigenvalue weighted by Gasteiger charge is -2.05. The lowest BCUT2D eigenvalue weighted by molar-refractivity contribution is 0.112. The van der Waals surface area contributed by atoms with Crippen LogP contribution in [0.1, 0.15) is 15.9 Å². The molecule has 0 saturated heterocycles. The normalized spacial score (nSPS) is 11.4. The zero-order valence-corrected chi connectivity index (χ0v) is 8.89. The molecule has 0 radical (unpaired) electrons. The quantitative estimate of drug-likeness (QED) is 0.778. The van der Waals surface area contributed by atoms with Crippen LogP contribution in [-0.2, 0) is 10.0 Å². The van der Waals surface area contributed by atoms with Gasteiger partial charge < -0.3 is 0 Å². The minimum atomic E-state index is -3.90. The first kappa shape index (κ1) is 11.2. The van der Waals surface area contributed by atoms with Gasteiger partial charge in [0.2, 0.25) is 10.0 Å². The number of benzene rings is 1. The number of rotatable bonds is 2. The number of sulfonamides is 1. The van der Waals surface area contributed by atoms with Crippen molar-refractivity contribution in [2.75, 3.05) is 0 Å². The summed E-state index contributed by atoms with van der Waals surface area (Å²) >= 11 is 5.75. The van der Waals surface area contributed by atoms with Crippen LogP contribution in [0, 0.1) is 6.92 Å². The Bertz CT molecular complexity index is 482. The molecule has 0 aliphatic carbocycles. The highest BCUT2D eigenvalue weighted by Gasteiger charge is 2.17. The highest BCUT2D eigenvalue weighted by atomic mass is 35.5. The number of hydrogen-bond donors (Lipinski definition) is 1. The van der Waals surface area contributed by atoms with Gasteiger partial charge in [0.1, 0.15) is 0 Å². The molecular formula is C8H8ClNO3S. The van der Waals surface area contributed by atoms with Crippen LogP contribution in [-0.4, -0.2) is 14.7 Å². The molecule has 0 aliphatic heterocycles. The Kier molecular flexibility index (Phi) is 2.94. The summed E-state index contributed by atoms with van der Waals surface area (Å²) in [7, 11) is -3.90. The van der Waals surface area contributed by atoms with Gasteiger partial charge in [-0.1, -0.05) is 17.7 Å². The summed E-state index contributed by atoms with van der Waals surface area (Å²) in [5, 5.41) is 5.02. The molecule has 6 heteroatoms. The number of aldehydes is 1. The van der Waals surface area contributed by atoms with Crippen LogP contribution in [0.25, 0.3) is 0 Å². The zero-order valence-electron chi connectivity index (χ0n) is 7.32. The molecule has 0 bridgehead atoms. The van der Waals surface area contributed by atoms with Gasteiger partial charge in [-0.3, -0.25) is 4.79 Å². The molecule has 0 aromatic heterocycles. The third kappa shape index (κ3) is 1.95. The summed E-state index contributed by atoms with van der Waals surface area (Å²) < 4.78 is 22.1. The second kappa shape index (κ2) is 3.68. The van der Waals surface area contributed by atoms with Crippen molar-refractivity contribution in [3.63, 3.8) is 0 Å². The Morgan fingerprint density at radius 3 is 2.43 bits per heavy atom. The van der Waals surface area contributed by atoms with Crippen LogP contribution >= 0.6 is 11.6 Å². The van der Waals surface area contributed by atoms with Gasteiger partial charge in [0.05, 0.1) is 15.5 Å². The second-order valence-corrected chi connectivity index (χ2v) is 4.68. The summed E-state index contributed by atoms with van der Waals surface area (Å²) in [5.74, 6) is 0. The van der Waals surface area contributed by atoms with E-state index in [4.69, 9.17) is 16.7 Å². The SMILES string of the molecule is Cc1ccc(S(N)(=O)=O)c(C=O)c1Cl. The van der Waals surface area contributed by atoms with Crippen molar-refractivity contribution < 1.29 is 13.2 Å². The number of primary sulfonamides is 1. The largest absolute Gasteiger partial charge is 0.298 e. The number of aryl methyl sites for hydroxylation is 1. The molecule has 2 N–H and O–H groups in total. The Hall–Kier alpha value is -0.910. The predicted molar refractivity (Wildman–Crippen MR) is 52.9 cm³/mol. The molecule has 0 heterocycles. The summed E-state index contributed by atoms with van der Waals surface area (Å²) in [6.45, 7) is 1.67. The van der Waals surface area contributed by atoms with Crippen molar-refractivity contribution in [3.8, 4) is 0 Å². The molecule has 1 rings (SSSR count). The van der Waals surface area contributed by atoms with Crippen LogP contribution in [0.15, 0.2) is 17.0 Å². The van der Waals surface area contributed by atoms with Gasteiger partial charge in [-0.15, -0.1) is 0 Å². The van der Waals surface area contributed by atoms with Gasteiger partial charge in [-0.2, -0.15) is 0 Å². The summed E-state index contributed by atoms with van der Waals surface area (Å²) in [6.07, 6.45) is 0.384. The molecule has 0 atom stereocenters. The van der Waals surface area contributed by atoms with Gasteiger partial charge in [-0.05, 0) is 18.6 Å². The predicted octanol–water partition coefficient (Wildman–Crippen LogP) is 1.11. The topological polar surface area (TPSA) is 77.2 Å². The van der Waals surface area contributed by atoms with Gasteiger partial charge in [-0.25, -0.2) is 13.6 Å². The molecule has 1 aromatic rings. The summed E-state index contributed by atoms with van der Waals surface area (Å²) in [6, 6.07) is 2.76. The standard InChI is InChI=1S/C8H8ClNO3S/c1-5-2-3-7(14(10,12)13)6(4-11)8(5)9/h2-4H,1H3,(H2,10,12,13). The van der Waals surface area contributed by atoms with Crippen molar-refractivity contribution in [2.45, 2.75) is 11.8 Å². The highest BCUT2D eigenvalue weighted by Crippen LogP contribution is 2.24. The second-order valence-electron chi connectivity index (χ2n) is 2.77. The maximum Gasteiger partial charge on any atom is 0.238 e. The fraction of sp³-hybridized carbons (Fsp3) is 0.125. The molecule has 0 spiro atoms. The van der Waals surface area contributed by atoms with Gasteiger partial charge in [0.15, 0.2) is 6.29 Å². The lowest BCUT2D eigenvalue weighted by atomic mass is 10.1. The molecule has 1 aromatic carbocycles. The molecule has 0 unspecified atom stereocenters. The van der Waals surface area contributed by atoms with E-state index in [2.05, 4.69) is 0 Å². The monoisotopic (exact) mass is 233 g/mol. The maximum absolute atomic E-state index is 11.0. The molecule has 14 heavy (non-hydrogen) atoms. The Morgan fingerprint density at radius 2 is 2.00 bits per heavy atom. The highest BCUT2D eigenvalue weighted by molar-refractivity contribution is 7.89. The van der Waals surface area contributed by atoms with E-state index in [1.54, 1.807) is 6.92 Å². The molecule has 0 amide bonds. The molecule has 0 aliphatic rings. The van der Waals surface area contributed by atoms with E-state index in [0.717, 1.165) is 0 Å². The van der Waals surface area contributed by atoms with Gasteiger partial charge >= 0.3 is 0 Å². The van der Waals surface area contributed by atoms with E-state index in [1.165, 1.54) is 12.1 Å². The number of halogens is 1. The van der Waals surface area contributed by atoms with E-state index < -0.39 is 10.0 Å². The van der Waals surface area contributed by atoms with Crippen LogP contribution in [0.5, 0.6) is 0 Å².